The molecule has 2 aromatic heterocycles. The topological polar surface area (TPSA) is 87.7 Å². The van der Waals surface area contributed by atoms with Gasteiger partial charge >= 0.3 is 5.97 Å². The number of hydrogen-bond acceptors (Lipinski definition) is 6. The van der Waals surface area contributed by atoms with Gasteiger partial charge in [0.05, 0.1) is 22.3 Å². The Morgan fingerprint density at radius 2 is 1.73 bits per heavy atom. The van der Waals surface area contributed by atoms with Gasteiger partial charge in [0, 0.05) is 5.69 Å². The highest BCUT2D eigenvalue weighted by Crippen LogP contribution is 2.23. The second-order valence-electron chi connectivity index (χ2n) is 6.67. The summed E-state index contributed by atoms with van der Waals surface area (Å²) in [4.78, 5) is 17.3. The maximum atomic E-state index is 12.6. The highest BCUT2D eigenvalue weighted by atomic mass is 16.5. The van der Waals surface area contributed by atoms with E-state index < -0.39 is 5.97 Å². The zero-order chi connectivity index (χ0) is 20.5. The fraction of sp³-hybridized carbons (Fsp3) is 0.0455. The molecule has 8 nitrogen and oxygen atoms in total. The number of ether oxygens (including phenoxy) is 1. The SMILES string of the molecule is Cc1nc2cc(C(=O)Oc3ccc(-n4cnnn4)cc3)ccc2n1-c1ccccc1. The van der Waals surface area contributed by atoms with Crippen molar-refractivity contribution in [2.45, 2.75) is 6.92 Å². The van der Waals surface area contributed by atoms with E-state index >= 15 is 0 Å². The highest BCUT2D eigenvalue weighted by molar-refractivity contribution is 5.95. The second-order valence-corrected chi connectivity index (χ2v) is 6.67. The Kier molecular flexibility index (Phi) is 4.29. The third-order valence-electron chi connectivity index (χ3n) is 4.73. The molecule has 3 aromatic carbocycles. The molecule has 8 heteroatoms. The van der Waals surface area contributed by atoms with Gasteiger partial charge in [-0.2, -0.15) is 0 Å². The summed E-state index contributed by atoms with van der Waals surface area (Å²) in [5, 5.41) is 11.0. The van der Waals surface area contributed by atoms with Crippen molar-refractivity contribution in [2.24, 2.45) is 0 Å². The van der Waals surface area contributed by atoms with Crippen molar-refractivity contribution in [1.29, 1.82) is 0 Å². The first-order chi connectivity index (χ1) is 14.7. The molecule has 0 fully saturated rings. The number of carbonyl (C=O) groups excluding carboxylic acids is 1. The molecule has 5 aromatic rings. The van der Waals surface area contributed by atoms with Crippen LogP contribution in [0.4, 0.5) is 0 Å². The largest absolute Gasteiger partial charge is 0.423 e. The first-order valence-electron chi connectivity index (χ1n) is 9.29. The molecule has 0 unspecified atom stereocenters. The number of aryl methyl sites for hydroxylation is 1. The lowest BCUT2D eigenvalue weighted by Gasteiger charge is -2.07. The summed E-state index contributed by atoms with van der Waals surface area (Å²) in [6.45, 7) is 1.94. The quantitative estimate of drug-likeness (QED) is 0.341. The van der Waals surface area contributed by atoms with Gasteiger partial charge in [-0.3, -0.25) is 4.57 Å². The minimum atomic E-state index is -0.445. The van der Waals surface area contributed by atoms with E-state index in [0.717, 1.165) is 28.2 Å². The minimum absolute atomic E-state index is 0.433. The van der Waals surface area contributed by atoms with Crippen LogP contribution >= 0.6 is 0 Å². The molecule has 0 saturated carbocycles. The molecule has 2 heterocycles. The molecule has 0 N–H and O–H groups in total. The maximum Gasteiger partial charge on any atom is 0.343 e. The zero-order valence-corrected chi connectivity index (χ0v) is 16.0. The average Bonchev–Trinajstić information content (AvgIpc) is 3.41. The number of hydrogen-bond donors (Lipinski definition) is 0. The maximum absolute atomic E-state index is 12.6. The molecular formula is C22H16N6O2. The Morgan fingerprint density at radius 3 is 2.47 bits per heavy atom. The molecule has 0 radical (unpaired) electrons. The molecule has 146 valence electrons. The smallest absolute Gasteiger partial charge is 0.343 e. The van der Waals surface area contributed by atoms with Crippen LogP contribution in [0.15, 0.2) is 79.1 Å². The third-order valence-corrected chi connectivity index (χ3v) is 4.73. The van der Waals surface area contributed by atoms with Gasteiger partial charge in [0.1, 0.15) is 17.9 Å². The monoisotopic (exact) mass is 396 g/mol. The standard InChI is InChI=1S/C22H16N6O2/c1-15-24-20-13-16(7-12-21(20)28(15)18-5-3-2-4-6-18)22(29)30-19-10-8-17(9-11-19)27-14-23-25-26-27/h2-14H,1H3. The number of esters is 1. The van der Waals surface area contributed by atoms with Crippen molar-refractivity contribution in [2.75, 3.05) is 0 Å². The van der Waals surface area contributed by atoms with Crippen LogP contribution in [0.5, 0.6) is 5.75 Å². The Balaban J connectivity index is 1.40. The van der Waals surface area contributed by atoms with Gasteiger partial charge in [-0.15, -0.1) is 5.10 Å². The number of rotatable bonds is 4. The van der Waals surface area contributed by atoms with Crippen LogP contribution < -0.4 is 4.74 Å². The summed E-state index contributed by atoms with van der Waals surface area (Å²) >= 11 is 0. The van der Waals surface area contributed by atoms with Gasteiger partial charge in [-0.1, -0.05) is 18.2 Å². The van der Waals surface area contributed by atoms with E-state index in [4.69, 9.17) is 4.74 Å². The van der Waals surface area contributed by atoms with Gasteiger partial charge < -0.3 is 4.74 Å². The van der Waals surface area contributed by atoms with E-state index in [9.17, 15) is 4.79 Å². The number of benzene rings is 3. The number of imidazole rings is 1. The molecule has 0 aliphatic carbocycles. The summed E-state index contributed by atoms with van der Waals surface area (Å²) in [6, 6.07) is 22.3. The first kappa shape index (κ1) is 17.7. The number of carbonyl (C=O) groups is 1. The number of tetrazole rings is 1. The van der Waals surface area contributed by atoms with Crippen LogP contribution in [0.25, 0.3) is 22.4 Å². The summed E-state index contributed by atoms with van der Waals surface area (Å²) in [6.07, 6.45) is 1.49. The van der Waals surface area contributed by atoms with E-state index in [1.54, 1.807) is 36.4 Å². The predicted molar refractivity (Wildman–Crippen MR) is 110 cm³/mol. The fourth-order valence-electron chi connectivity index (χ4n) is 3.34. The van der Waals surface area contributed by atoms with Gasteiger partial charge in [0.2, 0.25) is 0 Å². The van der Waals surface area contributed by atoms with Crippen molar-refractivity contribution in [3.05, 3.63) is 90.5 Å². The molecule has 0 bridgehead atoms. The summed E-state index contributed by atoms with van der Waals surface area (Å²) < 4.78 is 9.09. The van der Waals surface area contributed by atoms with Crippen molar-refractivity contribution in [1.82, 2.24) is 29.8 Å². The lowest BCUT2D eigenvalue weighted by molar-refractivity contribution is 0.0735. The minimum Gasteiger partial charge on any atom is -0.423 e. The lowest BCUT2D eigenvalue weighted by atomic mass is 10.2. The van der Waals surface area contributed by atoms with Gasteiger partial charge in [-0.05, 0) is 71.9 Å². The number of aromatic nitrogens is 6. The van der Waals surface area contributed by atoms with Gasteiger partial charge in [-0.25, -0.2) is 14.5 Å². The van der Waals surface area contributed by atoms with Crippen LogP contribution in [0.2, 0.25) is 0 Å². The Hall–Kier alpha value is -4.33. The Bertz CT molecular complexity index is 1330. The summed E-state index contributed by atoms with van der Waals surface area (Å²) in [7, 11) is 0. The molecule has 0 aliphatic rings. The van der Waals surface area contributed by atoms with Crippen molar-refractivity contribution >= 4 is 17.0 Å². The Morgan fingerprint density at radius 1 is 0.933 bits per heavy atom. The molecule has 30 heavy (non-hydrogen) atoms. The molecule has 0 saturated heterocycles. The van der Waals surface area contributed by atoms with E-state index in [1.807, 2.05) is 43.3 Å². The number of fused-ring (bicyclic) bond motifs is 1. The molecular weight excluding hydrogens is 380 g/mol. The predicted octanol–water partition coefficient (Wildman–Crippen LogP) is 3.53. The second kappa shape index (κ2) is 7.25. The highest BCUT2D eigenvalue weighted by Gasteiger charge is 2.14. The van der Waals surface area contributed by atoms with E-state index in [-0.39, 0.29) is 0 Å². The molecule has 0 atom stereocenters. The van der Waals surface area contributed by atoms with Crippen LogP contribution in [-0.2, 0) is 0 Å². The number of nitrogens with zero attached hydrogens (tertiary/aromatic N) is 6. The molecule has 0 aliphatic heterocycles. The van der Waals surface area contributed by atoms with E-state index in [2.05, 4.69) is 25.1 Å². The zero-order valence-electron chi connectivity index (χ0n) is 16.0. The average molecular weight is 396 g/mol. The first-order valence-corrected chi connectivity index (χ1v) is 9.29. The van der Waals surface area contributed by atoms with Crippen molar-refractivity contribution in [3.63, 3.8) is 0 Å². The van der Waals surface area contributed by atoms with Crippen LogP contribution in [-0.4, -0.2) is 35.7 Å². The van der Waals surface area contributed by atoms with Crippen LogP contribution in [0.1, 0.15) is 16.2 Å². The Labute approximate surface area is 171 Å². The van der Waals surface area contributed by atoms with Crippen molar-refractivity contribution < 1.29 is 9.53 Å². The normalized spacial score (nSPS) is 11.0. The third kappa shape index (κ3) is 3.20. The van der Waals surface area contributed by atoms with E-state index in [1.165, 1.54) is 11.0 Å². The summed E-state index contributed by atoms with van der Waals surface area (Å²) in [5.41, 5.74) is 3.89. The van der Waals surface area contributed by atoms with E-state index in [0.29, 0.717) is 11.3 Å². The fourth-order valence-corrected chi connectivity index (χ4v) is 3.34. The van der Waals surface area contributed by atoms with Gasteiger partial charge in [0.25, 0.3) is 0 Å². The lowest BCUT2D eigenvalue weighted by Crippen LogP contribution is -2.08. The van der Waals surface area contributed by atoms with Gasteiger partial charge in [0.15, 0.2) is 0 Å². The van der Waals surface area contributed by atoms with Crippen LogP contribution in [0.3, 0.4) is 0 Å². The van der Waals surface area contributed by atoms with Crippen molar-refractivity contribution in [3.8, 4) is 17.1 Å². The molecule has 0 amide bonds. The molecule has 0 spiro atoms. The molecule has 5 rings (SSSR count). The van der Waals surface area contributed by atoms with Crippen LogP contribution in [0, 0.1) is 6.92 Å². The summed E-state index contributed by atoms with van der Waals surface area (Å²) in [5.74, 6) is 0.835. The number of para-hydroxylation sites is 1.